The summed E-state index contributed by atoms with van der Waals surface area (Å²) in [5, 5.41) is 8.66. The van der Waals surface area contributed by atoms with E-state index in [4.69, 9.17) is 5.11 Å². The largest absolute Gasteiger partial charge is 0.481 e. The molecule has 0 heterocycles. The Balaban J connectivity index is 2.69. The highest BCUT2D eigenvalue weighted by Crippen LogP contribution is 2.17. The van der Waals surface area contributed by atoms with Crippen LogP contribution < -0.4 is 0 Å². The molecule has 0 aromatic heterocycles. The van der Waals surface area contributed by atoms with Gasteiger partial charge in [-0.15, -0.1) is 0 Å². The number of amides is 1. The molecule has 0 saturated heterocycles. The number of carboxylic acids is 1. The Labute approximate surface area is 133 Å². The third-order valence-corrected chi connectivity index (χ3v) is 3.73. The van der Waals surface area contributed by atoms with Crippen molar-refractivity contribution in [3.63, 3.8) is 0 Å². The fourth-order valence-electron chi connectivity index (χ4n) is 1.89. The number of carbonyl (C=O) groups excluding carboxylic acids is 1. The van der Waals surface area contributed by atoms with Gasteiger partial charge in [0.05, 0.1) is 0 Å². The van der Waals surface area contributed by atoms with Crippen LogP contribution >= 0.6 is 15.9 Å². The second kappa shape index (κ2) is 8.62. The second-order valence-electron chi connectivity index (χ2n) is 4.98. The Hall–Kier alpha value is -1.62. The van der Waals surface area contributed by atoms with Gasteiger partial charge in [0.25, 0.3) is 0 Å². The van der Waals surface area contributed by atoms with Crippen LogP contribution in [-0.4, -0.2) is 34.5 Å². The van der Waals surface area contributed by atoms with E-state index in [0.29, 0.717) is 13.0 Å². The van der Waals surface area contributed by atoms with E-state index < -0.39 is 5.97 Å². The van der Waals surface area contributed by atoms with E-state index in [1.807, 2.05) is 38.1 Å². The van der Waals surface area contributed by atoms with Gasteiger partial charge < -0.3 is 10.0 Å². The summed E-state index contributed by atoms with van der Waals surface area (Å²) in [5.74, 6) is -0.943. The van der Waals surface area contributed by atoms with Gasteiger partial charge in [-0.3, -0.25) is 9.59 Å². The van der Waals surface area contributed by atoms with Gasteiger partial charge in [0.1, 0.15) is 0 Å². The number of hydrogen-bond donors (Lipinski definition) is 1. The second-order valence-corrected chi connectivity index (χ2v) is 5.83. The molecule has 0 aliphatic carbocycles. The van der Waals surface area contributed by atoms with E-state index in [2.05, 4.69) is 15.9 Å². The van der Waals surface area contributed by atoms with Crippen LogP contribution in [0.25, 0.3) is 6.08 Å². The van der Waals surface area contributed by atoms with E-state index in [-0.39, 0.29) is 18.4 Å². The maximum atomic E-state index is 12.2. The monoisotopic (exact) mass is 353 g/mol. The first-order valence-electron chi connectivity index (χ1n) is 6.87. The van der Waals surface area contributed by atoms with Crippen LogP contribution in [0.1, 0.15) is 32.3 Å². The van der Waals surface area contributed by atoms with Gasteiger partial charge in [-0.1, -0.05) is 34.1 Å². The normalized spacial score (nSPS) is 11.0. The van der Waals surface area contributed by atoms with Crippen molar-refractivity contribution < 1.29 is 14.7 Å². The fourth-order valence-corrected chi connectivity index (χ4v) is 2.31. The molecule has 0 spiro atoms. The van der Waals surface area contributed by atoms with Crippen molar-refractivity contribution in [1.29, 1.82) is 0 Å². The lowest BCUT2D eigenvalue weighted by atomic mass is 10.2. The lowest BCUT2D eigenvalue weighted by Gasteiger charge is -2.25. The number of halogens is 1. The summed E-state index contributed by atoms with van der Waals surface area (Å²) in [6.45, 7) is 4.29. The molecule has 1 amide bonds. The first-order chi connectivity index (χ1) is 9.91. The van der Waals surface area contributed by atoms with Gasteiger partial charge in [-0.25, -0.2) is 0 Å². The smallest absolute Gasteiger partial charge is 0.303 e. The molecule has 0 fully saturated rings. The van der Waals surface area contributed by atoms with Crippen LogP contribution in [0.4, 0.5) is 0 Å². The van der Waals surface area contributed by atoms with Gasteiger partial charge in [-0.2, -0.15) is 0 Å². The Kier molecular flexibility index (Phi) is 7.15. The molecular weight excluding hydrogens is 334 g/mol. The van der Waals surface area contributed by atoms with Gasteiger partial charge in [0, 0.05) is 29.6 Å². The zero-order chi connectivity index (χ0) is 15.8. The lowest BCUT2D eigenvalue weighted by molar-refractivity contribution is -0.138. The number of hydrogen-bond acceptors (Lipinski definition) is 2. The molecular formula is C16H20BrNO3. The van der Waals surface area contributed by atoms with Crippen LogP contribution in [0.3, 0.4) is 0 Å². The third kappa shape index (κ3) is 6.12. The molecule has 114 valence electrons. The minimum atomic E-state index is -0.838. The quantitative estimate of drug-likeness (QED) is 0.762. The maximum Gasteiger partial charge on any atom is 0.303 e. The molecule has 0 radical (unpaired) electrons. The number of carbonyl (C=O) groups is 2. The number of nitrogens with zero attached hydrogens (tertiary/aromatic N) is 1. The van der Waals surface area contributed by atoms with Gasteiger partial charge in [0.15, 0.2) is 0 Å². The van der Waals surface area contributed by atoms with Crippen LogP contribution in [0, 0.1) is 0 Å². The molecule has 0 saturated carbocycles. The SMILES string of the molecule is CC(C)N(CCCC(=O)O)C(=O)/C=C/c1ccccc1Br. The summed E-state index contributed by atoms with van der Waals surface area (Å²) in [5.41, 5.74) is 0.931. The summed E-state index contributed by atoms with van der Waals surface area (Å²) >= 11 is 3.43. The zero-order valence-corrected chi connectivity index (χ0v) is 13.8. The summed E-state index contributed by atoms with van der Waals surface area (Å²) in [7, 11) is 0. The Morgan fingerprint density at radius 1 is 1.33 bits per heavy atom. The zero-order valence-electron chi connectivity index (χ0n) is 12.3. The number of aliphatic carboxylic acids is 1. The van der Waals surface area contributed by atoms with Crippen molar-refractivity contribution in [3.05, 3.63) is 40.4 Å². The van der Waals surface area contributed by atoms with Gasteiger partial charge >= 0.3 is 5.97 Å². The average molecular weight is 354 g/mol. The number of carboxylic acid groups (broad SMARTS) is 1. The first kappa shape index (κ1) is 17.4. The predicted octanol–water partition coefficient (Wildman–Crippen LogP) is 3.56. The van der Waals surface area contributed by atoms with E-state index in [1.54, 1.807) is 11.0 Å². The van der Waals surface area contributed by atoms with Crippen molar-refractivity contribution in [2.75, 3.05) is 6.54 Å². The molecule has 1 rings (SSSR count). The molecule has 0 bridgehead atoms. The van der Waals surface area contributed by atoms with Crippen LogP contribution in [0.5, 0.6) is 0 Å². The highest BCUT2D eigenvalue weighted by Gasteiger charge is 2.14. The molecule has 4 nitrogen and oxygen atoms in total. The highest BCUT2D eigenvalue weighted by atomic mass is 79.9. The number of benzene rings is 1. The molecule has 0 unspecified atom stereocenters. The maximum absolute atomic E-state index is 12.2. The summed E-state index contributed by atoms with van der Waals surface area (Å²) in [6, 6.07) is 7.68. The van der Waals surface area contributed by atoms with Crippen molar-refractivity contribution in [1.82, 2.24) is 4.90 Å². The highest BCUT2D eigenvalue weighted by molar-refractivity contribution is 9.10. The third-order valence-electron chi connectivity index (χ3n) is 3.01. The molecule has 21 heavy (non-hydrogen) atoms. The Morgan fingerprint density at radius 2 is 2.00 bits per heavy atom. The molecule has 0 aliphatic rings. The lowest BCUT2D eigenvalue weighted by Crippen LogP contribution is -2.36. The summed E-state index contributed by atoms with van der Waals surface area (Å²) < 4.78 is 0.927. The minimum Gasteiger partial charge on any atom is -0.481 e. The standard InChI is InChI=1S/C16H20BrNO3/c1-12(2)18(11-5-8-16(20)21)15(19)10-9-13-6-3-4-7-14(13)17/h3-4,6-7,9-10,12H,5,8,11H2,1-2H3,(H,20,21)/b10-9+. The summed E-state index contributed by atoms with van der Waals surface area (Å²) in [6.07, 6.45) is 3.83. The van der Waals surface area contributed by atoms with Crippen molar-refractivity contribution in [2.45, 2.75) is 32.7 Å². The van der Waals surface area contributed by atoms with Gasteiger partial charge in [-0.05, 0) is 38.0 Å². The van der Waals surface area contributed by atoms with Crippen molar-refractivity contribution in [3.8, 4) is 0 Å². The van der Waals surface area contributed by atoms with Crippen LogP contribution in [-0.2, 0) is 9.59 Å². The van der Waals surface area contributed by atoms with Crippen LogP contribution in [0.15, 0.2) is 34.8 Å². The minimum absolute atomic E-state index is 0.0372. The molecule has 1 aromatic rings. The van der Waals surface area contributed by atoms with E-state index in [1.165, 1.54) is 6.08 Å². The Morgan fingerprint density at radius 3 is 2.57 bits per heavy atom. The first-order valence-corrected chi connectivity index (χ1v) is 7.66. The van der Waals surface area contributed by atoms with E-state index >= 15 is 0 Å². The van der Waals surface area contributed by atoms with E-state index in [9.17, 15) is 9.59 Å². The molecule has 1 N–H and O–H groups in total. The Bertz CT molecular complexity index is 526. The average Bonchev–Trinajstić information content (AvgIpc) is 2.41. The fraction of sp³-hybridized carbons (Fsp3) is 0.375. The molecule has 0 atom stereocenters. The van der Waals surface area contributed by atoms with Crippen molar-refractivity contribution >= 4 is 33.9 Å². The van der Waals surface area contributed by atoms with Crippen LogP contribution in [0.2, 0.25) is 0 Å². The summed E-state index contributed by atoms with van der Waals surface area (Å²) in [4.78, 5) is 24.4. The predicted molar refractivity (Wildman–Crippen MR) is 86.9 cm³/mol. The molecule has 0 aliphatic heterocycles. The number of rotatable bonds is 7. The molecule has 1 aromatic carbocycles. The van der Waals surface area contributed by atoms with E-state index in [0.717, 1.165) is 10.0 Å². The van der Waals surface area contributed by atoms with Gasteiger partial charge in [0.2, 0.25) is 5.91 Å². The topological polar surface area (TPSA) is 57.6 Å². The van der Waals surface area contributed by atoms with Crippen molar-refractivity contribution in [2.24, 2.45) is 0 Å². The molecule has 5 heteroatoms.